The smallest absolute Gasteiger partial charge is 0.341 e. The lowest BCUT2D eigenvalue weighted by Gasteiger charge is -2.30. The summed E-state index contributed by atoms with van der Waals surface area (Å²) in [7, 11) is 1.38. The maximum atomic E-state index is 11.5. The Hall–Kier alpha value is -1.33. The molecule has 0 radical (unpaired) electrons. The number of hydrogen-bond acceptors (Lipinski definition) is 5. The van der Waals surface area contributed by atoms with Gasteiger partial charge in [-0.2, -0.15) is 0 Å². The van der Waals surface area contributed by atoms with E-state index in [1.165, 1.54) is 13.4 Å². The van der Waals surface area contributed by atoms with Crippen molar-refractivity contribution in [3.63, 3.8) is 0 Å². The van der Waals surface area contributed by atoms with Crippen LogP contribution < -0.4 is 5.73 Å². The van der Waals surface area contributed by atoms with Crippen molar-refractivity contribution in [2.24, 2.45) is 11.7 Å². The van der Waals surface area contributed by atoms with E-state index in [-0.39, 0.29) is 5.97 Å². The summed E-state index contributed by atoms with van der Waals surface area (Å²) in [5.41, 5.74) is 6.19. The van der Waals surface area contributed by atoms with Gasteiger partial charge in [-0.1, -0.05) is 0 Å². The van der Waals surface area contributed by atoms with Gasteiger partial charge in [-0.15, -0.1) is 0 Å². The largest absolute Gasteiger partial charge is 0.467 e. The number of furan rings is 1. The van der Waals surface area contributed by atoms with E-state index in [4.69, 9.17) is 14.9 Å². The highest BCUT2D eigenvalue weighted by Gasteiger charge is 2.22. The molecule has 0 atom stereocenters. The van der Waals surface area contributed by atoms with Crippen LogP contribution in [0.15, 0.2) is 16.7 Å². The Morgan fingerprint density at radius 1 is 1.56 bits per heavy atom. The first-order chi connectivity index (χ1) is 8.74. The molecule has 5 heteroatoms. The lowest BCUT2D eigenvalue weighted by atomic mass is 9.97. The van der Waals surface area contributed by atoms with Crippen molar-refractivity contribution in [1.29, 1.82) is 0 Å². The van der Waals surface area contributed by atoms with Crippen LogP contribution in [0.25, 0.3) is 0 Å². The third kappa shape index (κ3) is 2.91. The van der Waals surface area contributed by atoms with E-state index in [2.05, 4.69) is 4.90 Å². The fourth-order valence-corrected chi connectivity index (χ4v) is 2.34. The van der Waals surface area contributed by atoms with Crippen molar-refractivity contribution in [3.05, 3.63) is 23.7 Å². The van der Waals surface area contributed by atoms with Crippen molar-refractivity contribution in [3.8, 4) is 0 Å². The molecule has 1 aromatic heterocycles. The predicted octanol–water partition coefficient (Wildman–Crippen LogP) is 1.24. The molecule has 1 fully saturated rings. The number of carbonyl (C=O) groups is 1. The van der Waals surface area contributed by atoms with Crippen molar-refractivity contribution in [2.75, 3.05) is 26.7 Å². The van der Waals surface area contributed by atoms with E-state index in [1.54, 1.807) is 6.07 Å². The number of esters is 1. The summed E-state index contributed by atoms with van der Waals surface area (Å²) in [6.45, 7) is 3.43. The van der Waals surface area contributed by atoms with Gasteiger partial charge in [0, 0.05) is 0 Å². The van der Waals surface area contributed by atoms with Gasteiger partial charge in [0.25, 0.3) is 0 Å². The van der Waals surface area contributed by atoms with Gasteiger partial charge in [-0.3, -0.25) is 4.90 Å². The fraction of sp³-hybridized carbons (Fsp3) is 0.615. The Kier molecular flexibility index (Phi) is 4.38. The highest BCUT2D eigenvalue weighted by atomic mass is 16.5. The van der Waals surface area contributed by atoms with Gasteiger partial charge >= 0.3 is 5.97 Å². The van der Waals surface area contributed by atoms with E-state index in [9.17, 15) is 4.79 Å². The summed E-state index contributed by atoms with van der Waals surface area (Å²) >= 11 is 0. The van der Waals surface area contributed by atoms with Gasteiger partial charge in [-0.25, -0.2) is 4.79 Å². The Bertz CT molecular complexity index is 395. The Labute approximate surface area is 107 Å². The summed E-state index contributed by atoms with van der Waals surface area (Å²) in [6.07, 6.45) is 3.77. The Balaban J connectivity index is 1.94. The summed E-state index contributed by atoms with van der Waals surface area (Å²) in [5.74, 6) is 0.988. The van der Waals surface area contributed by atoms with Crippen LogP contribution in [0, 0.1) is 5.92 Å². The molecule has 100 valence electrons. The number of carbonyl (C=O) groups excluding carboxylic acids is 1. The summed E-state index contributed by atoms with van der Waals surface area (Å²) in [4.78, 5) is 13.8. The van der Waals surface area contributed by atoms with Gasteiger partial charge in [0.15, 0.2) is 0 Å². The van der Waals surface area contributed by atoms with Crippen LogP contribution >= 0.6 is 0 Å². The standard InChI is InChI=1S/C13H20N2O3/c1-17-13(16)11-4-7-18-12(11)9-15-5-2-10(8-14)3-6-15/h4,7,10H,2-3,5-6,8-9,14H2,1H3. The van der Waals surface area contributed by atoms with Crippen LogP contribution in [-0.4, -0.2) is 37.6 Å². The SMILES string of the molecule is COC(=O)c1ccoc1CN1CCC(CN)CC1. The van der Waals surface area contributed by atoms with E-state index in [0.717, 1.165) is 32.5 Å². The monoisotopic (exact) mass is 252 g/mol. The molecule has 1 aliphatic heterocycles. The molecule has 0 amide bonds. The molecule has 2 rings (SSSR count). The van der Waals surface area contributed by atoms with Crippen LogP contribution in [0.3, 0.4) is 0 Å². The number of nitrogens with two attached hydrogens (primary N) is 1. The zero-order valence-electron chi connectivity index (χ0n) is 10.7. The molecule has 0 spiro atoms. The molecular formula is C13H20N2O3. The molecule has 0 aromatic carbocycles. The molecule has 1 aromatic rings. The molecular weight excluding hydrogens is 232 g/mol. The van der Waals surface area contributed by atoms with Gasteiger partial charge in [0.05, 0.1) is 19.9 Å². The van der Waals surface area contributed by atoms with Crippen molar-refractivity contribution >= 4 is 5.97 Å². The quantitative estimate of drug-likeness (QED) is 0.816. The number of nitrogens with zero attached hydrogens (tertiary/aromatic N) is 1. The third-order valence-corrected chi connectivity index (χ3v) is 3.56. The first-order valence-corrected chi connectivity index (χ1v) is 6.31. The molecule has 1 aliphatic rings. The highest BCUT2D eigenvalue weighted by molar-refractivity contribution is 5.90. The third-order valence-electron chi connectivity index (χ3n) is 3.56. The van der Waals surface area contributed by atoms with Gasteiger partial charge in [-0.05, 0) is 44.5 Å². The van der Waals surface area contributed by atoms with Crippen LogP contribution in [0.5, 0.6) is 0 Å². The second-order valence-corrected chi connectivity index (χ2v) is 4.70. The van der Waals surface area contributed by atoms with Crippen molar-refractivity contribution in [2.45, 2.75) is 19.4 Å². The molecule has 2 heterocycles. The number of ether oxygens (including phenoxy) is 1. The van der Waals surface area contributed by atoms with Crippen LogP contribution in [-0.2, 0) is 11.3 Å². The number of rotatable bonds is 4. The minimum absolute atomic E-state index is 0.337. The van der Waals surface area contributed by atoms with Crippen LogP contribution in [0.2, 0.25) is 0 Å². The molecule has 0 unspecified atom stereocenters. The van der Waals surface area contributed by atoms with Gasteiger partial charge in [0.2, 0.25) is 0 Å². The minimum atomic E-state index is -0.337. The maximum absolute atomic E-state index is 11.5. The summed E-state index contributed by atoms with van der Waals surface area (Å²) in [6, 6.07) is 1.66. The lowest BCUT2D eigenvalue weighted by Crippen LogP contribution is -2.35. The second kappa shape index (κ2) is 6.02. The topological polar surface area (TPSA) is 68.7 Å². The second-order valence-electron chi connectivity index (χ2n) is 4.70. The first-order valence-electron chi connectivity index (χ1n) is 6.31. The van der Waals surface area contributed by atoms with E-state index in [1.807, 2.05) is 0 Å². The molecule has 0 aliphatic carbocycles. The summed E-state index contributed by atoms with van der Waals surface area (Å²) in [5, 5.41) is 0. The van der Waals surface area contributed by atoms with E-state index in [0.29, 0.717) is 23.8 Å². The molecule has 0 saturated carbocycles. The average molecular weight is 252 g/mol. The average Bonchev–Trinajstić information content (AvgIpc) is 2.87. The number of hydrogen-bond donors (Lipinski definition) is 1. The number of piperidine rings is 1. The Morgan fingerprint density at radius 2 is 2.28 bits per heavy atom. The van der Waals surface area contributed by atoms with Gasteiger partial charge in [0.1, 0.15) is 11.3 Å². The van der Waals surface area contributed by atoms with Gasteiger partial charge < -0.3 is 14.9 Å². The molecule has 18 heavy (non-hydrogen) atoms. The lowest BCUT2D eigenvalue weighted by molar-refractivity contribution is 0.0595. The molecule has 5 nitrogen and oxygen atoms in total. The molecule has 0 bridgehead atoms. The van der Waals surface area contributed by atoms with E-state index >= 15 is 0 Å². The first kappa shape index (κ1) is 13.1. The van der Waals surface area contributed by atoms with E-state index < -0.39 is 0 Å². The highest BCUT2D eigenvalue weighted by Crippen LogP contribution is 2.20. The zero-order valence-corrected chi connectivity index (χ0v) is 10.7. The van der Waals surface area contributed by atoms with Crippen molar-refractivity contribution in [1.82, 2.24) is 4.90 Å². The predicted molar refractivity (Wildman–Crippen MR) is 67.1 cm³/mol. The fourth-order valence-electron chi connectivity index (χ4n) is 2.34. The molecule has 1 saturated heterocycles. The summed E-state index contributed by atoms with van der Waals surface area (Å²) < 4.78 is 10.1. The number of methoxy groups -OCH3 is 1. The normalized spacial score (nSPS) is 17.9. The Morgan fingerprint density at radius 3 is 2.89 bits per heavy atom. The van der Waals surface area contributed by atoms with Crippen LogP contribution in [0.1, 0.15) is 29.0 Å². The molecule has 2 N–H and O–H groups in total. The maximum Gasteiger partial charge on any atom is 0.341 e. The van der Waals surface area contributed by atoms with Crippen LogP contribution in [0.4, 0.5) is 0 Å². The minimum Gasteiger partial charge on any atom is -0.467 e. The van der Waals surface area contributed by atoms with Crippen molar-refractivity contribution < 1.29 is 13.9 Å². The number of likely N-dealkylation sites (tertiary alicyclic amines) is 1. The zero-order chi connectivity index (χ0) is 13.0.